The van der Waals surface area contributed by atoms with Gasteiger partial charge in [0.05, 0.1) is 6.04 Å². The molecule has 3 nitrogen and oxygen atoms in total. The van der Waals surface area contributed by atoms with Gasteiger partial charge < -0.3 is 10.2 Å². The van der Waals surface area contributed by atoms with Crippen molar-refractivity contribution >= 4 is 5.91 Å². The van der Waals surface area contributed by atoms with Crippen LogP contribution in [-0.4, -0.2) is 22.9 Å². The summed E-state index contributed by atoms with van der Waals surface area (Å²) < 4.78 is 0. The van der Waals surface area contributed by atoms with Gasteiger partial charge in [-0.1, -0.05) is 87.4 Å². The first-order chi connectivity index (χ1) is 14.5. The lowest BCUT2D eigenvalue weighted by Crippen LogP contribution is -2.62. The smallest absolute Gasteiger partial charge is 0.243 e. The molecule has 1 fully saturated rings. The zero-order valence-electron chi connectivity index (χ0n) is 18.5. The third-order valence-corrected chi connectivity index (χ3v) is 7.11. The minimum Gasteiger partial charge on any atom is -0.357 e. The number of fused-ring (bicyclic) bond motifs is 1. The number of carbonyl (C=O) groups excluding carboxylic acids is 1. The molecule has 2 aromatic carbocycles. The fourth-order valence-electron chi connectivity index (χ4n) is 5.45. The van der Waals surface area contributed by atoms with E-state index in [1.165, 1.54) is 22.3 Å². The molecule has 0 aromatic heterocycles. The third kappa shape index (κ3) is 3.90. The monoisotopic (exact) mass is 402 g/mol. The summed E-state index contributed by atoms with van der Waals surface area (Å²) in [4.78, 5) is 15.7. The van der Waals surface area contributed by atoms with Crippen molar-refractivity contribution in [2.45, 2.75) is 65.1 Å². The van der Waals surface area contributed by atoms with Crippen LogP contribution in [0.3, 0.4) is 0 Å². The van der Waals surface area contributed by atoms with Gasteiger partial charge in [0.15, 0.2) is 0 Å². The summed E-state index contributed by atoms with van der Waals surface area (Å²) in [5.41, 5.74) is 6.40. The highest BCUT2D eigenvalue weighted by Gasteiger charge is 2.43. The number of nitrogens with zero attached hydrogens (tertiary/aromatic N) is 1. The van der Waals surface area contributed by atoms with Gasteiger partial charge in [0, 0.05) is 12.2 Å². The molecule has 3 heteroatoms. The average Bonchev–Trinajstić information content (AvgIpc) is 3.17. The fourth-order valence-corrected chi connectivity index (χ4v) is 5.45. The summed E-state index contributed by atoms with van der Waals surface area (Å²) in [7, 11) is 0. The number of nitrogens with one attached hydrogen (secondary N) is 1. The first kappa shape index (κ1) is 20.7. The molecule has 0 radical (unpaired) electrons. The minimum atomic E-state index is -0.145. The van der Waals surface area contributed by atoms with Gasteiger partial charge in [-0.05, 0) is 48.3 Å². The molecule has 0 saturated carbocycles. The lowest BCUT2D eigenvalue weighted by atomic mass is 9.85. The average molecular weight is 403 g/mol. The number of amides is 1. The molecule has 30 heavy (non-hydrogen) atoms. The van der Waals surface area contributed by atoms with Gasteiger partial charge in [-0.2, -0.15) is 0 Å². The first-order valence-electron chi connectivity index (χ1n) is 11.4. The van der Waals surface area contributed by atoms with Gasteiger partial charge in [0.1, 0.15) is 6.04 Å². The highest BCUT2D eigenvalue weighted by atomic mass is 16.2. The number of hydrogen-bond acceptors (Lipinski definition) is 2. The second kappa shape index (κ2) is 8.67. The summed E-state index contributed by atoms with van der Waals surface area (Å²) >= 11 is 0. The summed E-state index contributed by atoms with van der Waals surface area (Å²) in [5.74, 6) is 0.875. The predicted octanol–water partition coefficient (Wildman–Crippen LogP) is 5.03. The number of rotatable bonds is 6. The molecule has 1 heterocycles. The Morgan fingerprint density at radius 2 is 1.73 bits per heavy atom. The molecule has 158 valence electrons. The summed E-state index contributed by atoms with van der Waals surface area (Å²) in [5, 5.41) is 3.39. The van der Waals surface area contributed by atoms with Gasteiger partial charge in [-0.25, -0.2) is 0 Å². The van der Waals surface area contributed by atoms with Crippen LogP contribution in [0.25, 0.3) is 0 Å². The molecular formula is C27H34N2O. The lowest BCUT2D eigenvalue weighted by Gasteiger charge is -2.47. The van der Waals surface area contributed by atoms with Gasteiger partial charge >= 0.3 is 0 Å². The maximum absolute atomic E-state index is 13.4. The highest BCUT2D eigenvalue weighted by Crippen LogP contribution is 2.36. The van der Waals surface area contributed by atoms with Crippen LogP contribution in [0.2, 0.25) is 0 Å². The fraction of sp³-hybridized carbons (Fsp3) is 0.444. The number of piperazine rings is 1. The van der Waals surface area contributed by atoms with Crippen LogP contribution in [0.4, 0.5) is 0 Å². The van der Waals surface area contributed by atoms with Gasteiger partial charge in [-0.3, -0.25) is 4.79 Å². The van der Waals surface area contributed by atoms with Crippen molar-refractivity contribution in [2.24, 2.45) is 11.8 Å². The van der Waals surface area contributed by atoms with Crippen LogP contribution in [0, 0.1) is 18.8 Å². The van der Waals surface area contributed by atoms with Gasteiger partial charge in [-0.15, -0.1) is 0 Å². The normalized spacial score (nSPS) is 21.8. The SMILES string of the molecule is C=C1[C@@H](C2Cc3ccccc3C2)NC(=O)[C@@H](C(CC)CC)N1Cc1cccc(C)c1. The van der Waals surface area contributed by atoms with E-state index in [-0.39, 0.29) is 18.0 Å². The van der Waals surface area contributed by atoms with E-state index in [4.69, 9.17) is 0 Å². The molecule has 4 rings (SSSR count). The van der Waals surface area contributed by atoms with Crippen LogP contribution < -0.4 is 5.32 Å². The maximum Gasteiger partial charge on any atom is 0.243 e. The van der Waals surface area contributed by atoms with Crippen LogP contribution >= 0.6 is 0 Å². The zero-order valence-corrected chi connectivity index (χ0v) is 18.5. The topological polar surface area (TPSA) is 32.3 Å². The standard InChI is InChI=1S/C27H34N2O/c1-5-21(6-2)26-27(30)28-25(24-15-22-12-7-8-13-23(22)16-24)19(4)29(26)17-20-11-9-10-18(3)14-20/h7-14,21,24-26H,4-6,15-17H2,1-3H3,(H,28,30)/t25-,26+/m0/s1. The van der Waals surface area contributed by atoms with Crippen molar-refractivity contribution in [1.29, 1.82) is 0 Å². The second-order valence-corrected chi connectivity index (χ2v) is 9.05. The Balaban J connectivity index is 1.63. The molecule has 2 atom stereocenters. The van der Waals surface area contributed by atoms with Gasteiger partial charge in [0.2, 0.25) is 5.91 Å². The molecule has 1 N–H and O–H groups in total. The molecule has 0 bridgehead atoms. The van der Waals surface area contributed by atoms with E-state index in [0.717, 1.165) is 37.9 Å². The first-order valence-corrected chi connectivity index (χ1v) is 11.4. The van der Waals surface area contributed by atoms with Crippen LogP contribution in [0.15, 0.2) is 60.8 Å². The van der Waals surface area contributed by atoms with E-state index in [9.17, 15) is 4.79 Å². The predicted molar refractivity (Wildman–Crippen MR) is 123 cm³/mol. The quantitative estimate of drug-likeness (QED) is 0.735. The Labute approximate surface area is 181 Å². The molecular weight excluding hydrogens is 368 g/mol. The summed E-state index contributed by atoms with van der Waals surface area (Å²) in [6, 6.07) is 17.1. The lowest BCUT2D eigenvalue weighted by molar-refractivity contribution is -0.132. The molecule has 1 saturated heterocycles. The van der Waals surface area contributed by atoms with E-state index in [0.29, 0.717) is 11.8 Å². The molecule has 0 spiro atoms. The summed E-state index contributed by atoms with van der Waals surface area (Å²) in [6.07, 6.45) is 4.00. The number of benzene rings is 2. The Hall–Kier alpha value is -2.55. The molecule has 2 aromatic rings. The van der Waals surface area contributed by atoms with Crippen molar-refractivity contribution in [3.63, 3.8) is 0 Å². The van der Waals surface area contributed by atoms with Crippen LogP contribution in [0.1, 0.15) is 48.9 Å². The number of hydrogen-bond donors (Lipinski definition) is 1. The zero-order chi connectivity index (χ0) is 21.3. The van der Waals surface area contributed by atoms with Crippen LogP contribution in [-0.2, 0) is 24.2 Å². The van der Waals surface area contributed by atoms with Crippen molar-refractivity contribution < 1.29 is 4.79 Å². The van der Waals surface area contributed by atoms with E-state index >= 15 is 0 Å². The third-order valence-electron chi connectivity index (χ3n) is 7.11. The Kier molecular flexibility index (Phi) is 5.99. The Morgan fingerprint density at radius 3 is 2.33 bits per heavy atom. The van der Waals surface area contributed by atoms with E-state index in [1.54, 1.807) is 0 Å². The van der Waals surface area contributed by atoms with Crippen molar-refractivity contribution in [3.05, 3.63) is 83.1 Å². The van der Waals surface area contributed by atoms with E-state index < -0.39 is 0 Å². The molecule has 1 aliphatic carbocycles. The Morgan fingerprint density at radius 1 is 1.07 bits per heavy atom. The highest BCUT2D eigenvalue weighted by molar-refractivity contribution is 5.84. The molecule has 0 unspecified atom stereocenters. The number of carbonyl (C=O) groups is 1. The minimum absolute atomic E-state index is 0.000298. The van der Waals surface area contributed by atoms with E-state index in [1.807, 2.05) is 0 Å². The molecule has 1 aliphatic heterocycles. The maximum atomic E-state index is 13.4. The molecule has 1 amide bonds. The largest absolute Gasteiger partial charge is 0.357 e. The van der Waals surface area contributed by atoms with Crippen LogP contribution in [0.5, 0.6) is 0 Å². The second-order valence-electron chi connectivity index (χ2n) is 9.05. The van der Waals surface area contributed by atoms with Crippen molar-refractivity contribution in [1.82, 2.24) is 10.2 Å². The van der Waals surface area contributed by atoms with Crippen molar-refractivity contribution in [2.75, 3.05) is 0 Å². The Bertz CT molecular complexity index is 905. The van der Waals surface area contributed by atoms with Gasteiger partial charge in [0.25, 0.3) is 0 Å². The van der Waals surface area contributed by atoms with Crippen molar-refractivity contribution in [3.8, 4) is 0 Å². The van der Waals surface area contributed by atoms with E-state index in [2.05, 4.69) is 86.1 Å². The summed E-state index contributed by atoms with van der Waals surface area (Å²) in [6.45, 7) is 11.8. The number of aryl methyl sites for hydroxylation is 1. The molecule has 2 aliphatic rings.